The minimum Gasteiger partial charge on any atom is 0 e. The Balaban J connectivity index is -0.0000000755. The maximum atomic E-state index is 7.00. The van der Waals surface area contributed by atoms with E-state index in [1.54, 1.807) is 4.40 Å². The molecular weight excluding hydrogens is 332 g/mol. The van der Waals surface area contributed by atoms with Gasteiger partial charge in [0, 0.05) is 47.5 Å². The number of aliphatic hydroxyl groups is 3. The van der Waals surface area contributed by atoms with Crippen LogP contribution in [0.4, 0.5) is 0 Å². The van der Waals surface area contributed by atoms with Crippen LogP contribution in [0.25, 0.3) is 0 Å². The molecular formula is C10H23GeO3Zr-. The number of aliphatic hydroxyl groups excluding tert-OH is 3. The third kappa shape index (κ3) is 17.3. The SMILES string of the molecule is CO.CO.CO.[CH3][GeH]([CH3])[c-]1cccc1.[Zr]. The van der Waals surface area contributed by atoms with Gasteiger partial charge in [-0.3, -0.25) is 0 Å². The predicted molar refractivity (Wildman–Crippen MR) is 65.0 cm³/mol. The molecule has 15 heavy (non-hydrogen) atoms. The van der Waals surface area contributed by atoms with Crippen LogP contribution in [0, 0.1) is 0 Å². The molecule has 0 heterocycles. The summed E-state index contributed by atoms with van der Waals surface area (Å²) in [5, 5.41) is 21.0. The normalized spacial score (nSPS) is 6.73. The standard InChI is InChI=1S/C7H11Ge.3CH4O.Zr/c1-8(2)7-5-3-4-6-7;3*1-2;/h3-6,8H,1-2H3;3*2H,1H3;/q-1;;;;. The van der Waals surface area contributed by atoms with E-state index < -0.39 is 14.3 Å². The maximum Gasteiger partial charge on any atom is 0 e. The maximum absolute atomic E-state index is 7.00. The Kier molecular flexibility index (Phi) is 39.7. The van der Waals surface area contributed by atoms with Gasteiger partial charge in [-0.1, -0.05) is 0 Å². The molecule has 0 spiro atoms. The summed E-state index contributed by atoms with van der Waals surface area (Å²) in [7, 11) is 3.00. The van der Waals surface area contributed by atoms with Gasteiger partial charge >= 0.3 is 54.5 Å². The van der Waals surface area contributed by atoms with Crippen LogP contribution in [0.1, 0.15) is 0 Å². The van der Waals surface area contributed by atoms with E-state index >= 15 is 0 Å². The van der Waals surface area contributed by atoms with E-state index in [9.17, 15) is 0 Å². The van der Waals surface area contributed by atoms with Gasteiger partial charge in [0.2, 0.25) is 0 Å². The van der Waals surface area contributed by atoms with Crippen LogP contribution in [-0.4, -0.2) is 51.0 Å². The number of rotatable bonds is 1. The second-order valence-electron chi connectivity index (χ2n) is 2.37. The quantitative estimate of drug-likeness (QED) is 0.488. The largest absolute Gasteiger partial charge is 0 e. The Morgan fingerprint density at radius 2 is 1.07 bits per heavy atom. The van der Waals surface area contributed by atoms with Gasteiger partial charge in [0.25, 0.3) is 0 Å². The summed E-state index contributed by atoms with van der Waals surface area (Å²) < 4.78 is 1.62. The van der Waals surface area contributed by atoms with Crippen molar-refractivity contribution in [3.8, 4) is 0 Å². The molecule has 0 fully saturated rings. The van der Waals surface area contributed by atoms with Crippen LogP contribution >= 0.6 is 0 Å². The fraction of sp³-hybridized carbons (Fsp3) is 0.500. The van der Waals surface area contributed by atoms with E-state index in [-0.39, 0.29) is 26.2 Å². The van der Waals surface area contributed by atoms with E-state index in [0.29, 0.717) is 0 Å². The predicted octanol–water partition coefficient (Wildman–Crippen LogP) is -0.0778. The van der Waals surface area contributed by atoms with Gasteiger partial charge in [-0.2, -0.15) is 0 Å². The summed E-state index contributed by atoms with van der Waals surface area (Å²) in [6.45, 7) is 0. The zero-order valence-electron chi connectivity index (χ0n) is 10.2. The summed E-state index contributed by atoms with van der Waals surface area (Å²) >= 11 is -0.888. The van der Waals surface area contributed by atoms with Crippen molar-refractivity contribution in [1.82, 2.24) is 0 Å². The summed E-state index contributed by atoms with van der Waals surface area (Å²) in [6.07, 6.45) is 0. The first-order chi connectivity index (χ1) is 6.80. The molecule has 0 aliphatic rings. The molecule has 90 valence electrons. The molecule has 0 amide bonds. The van der Waals surface area contributed by atoms with Gasteiger partial charge in [-0.15, -0.1) is 0 Å². The van der Waals surface area contributed by atoms with Crippen molar-refractivity contribution in [2.45, 2.75) is 11.5 Å². The molecule has 1 aromatic rings. The van der Waals surface area contributed by atoms with Crippen LogP contribution in [0.2, 0.25) is 11.5 Å². The minimum absolute atomic E-state index is 0. The average molecular weight is 355 g/mol. The van der Waals surface area contributed by atoms with Crippen molar-refractivity contribution in [2.24, 2.45) is 0 Å². The summed E-state index contributed by atoms with van der Waals surface area (Å²) in [6, 6.07) is 8.73. The van der Waals surface area contributed by atoms with Crippen LogP contribution in [0.3, 0.4) is 0 Å². The zero-order chi connectivity index (χ0) is 12.0. The van der Waals surface area contributed by atoms with Gasteiger partial charge in [-0.25, -0.2) is 0 Å². The molecule has 5 heteroatoms. The monoisotopic (exact) mass is 355 g/mol. The van der Waals surface area contributed by atoms with E-state index in [2.05, 4.69) is 35.8 Å². The molecule has 0 aromatic heterocycles. The molecule has 3 nitrogen and oxygen atoms in total. The van der Waals surface area contributed by atoms with Crippen molar-refractivity contribution in [3.05, 3.63) is 24.3 Å². The molecule has 0 saturated heterocycles. The first-order valence-electron chi connectivity index (χ1n) is 4.36. The van der Waals surface area contributed by atoms with Gasteiger partial charge in [0.05, 0.1) is 0 Å². The van der Waals surface area contributed by atoms with Crippen LogP contribution < -0.4 is 4.40 Å². The van der Waals surface area contributed by atoms with Gasteiger partial charge < -0.3 is 15.3 Å². The van der Waals surface area contributed by atoms with E-state index in [1.807, 2.05) is 0 Å². The van der Waals surface area contributed by atoms with Crippen LogP contribution in [0.5, 0.6) is 0 Å². The van der Waals surface area contributed by atoms with Crippen molar-refractivity contribution in [2.75, 3.05) is 21.3 Å². The third-order valence-corrected chi connectivity index (χ3v) is 4.96. The molecule has 1 aromatic carbocycles. The molecule has 0 unspecified atom stereocenters. The van der Waals surface area contributed by atoms with E-state index in [1.165, 1.54) is 0 Å². The van der Waals surface area contributed by atoms with E-state index in [4.69, 9.17) is 15.3 Å². The summed E-state index contributed by atoms with van der Waals surface area (Å²) in [4.78, 5) is 0. The first kappa shape index (κ1) is 24.8. The fourth-order valence-electron chi connectivity index (χ4n) is 0.774. The Labute approximate surface area is 117 Å². The molecule has 0 aliphatic carbocycles. The third-order valence-electron chi connectivity index (χ3n) is 1.36. The smallest absolute Gasteiger partial charge is 0 e. The van der Waals surface area contributed by atoms with Crippen molar-refractivity contribution in [1.29, 1.82) is 0 Å². The fourth-order valence-corrected chi connectivity index (χ4v) is 2.86. The molecule has 0 saturated carbocycles. The van der Waals surface area contributed by atoms with Crippen molar-refractivity contribution < 1.29 is 41.5 Å². The van der Waals surface area contributed by atoms with Crippen molar-refractivity contribution in [3.63, 3.8) is 0 Å². The second kappa shape index (κ2) is 24.1. The second-order valence-corrected chi connectivity index (χ2v) is 8.62. The Bertz CT molecular complexity index is 156. The van der Waals surface area contributed by atoms with Crippen LogP contribution in [0.15, 0.2) is 24.3 Å². The summed E-state index contributed by atoms with van der Waals surface area (Å²) in [5.74, 6) is 4.78. The Hall–Kier alpha value is 0.656. The van der Waals surface area contributed by atoms with Gasteiger partial charge in [-0.05, 0) is 0 Å². The molecule has 0 radical (unpaired) electrons. The van der Waals surface area contributed by atoms with Crippen molar-refractivity contribution >= 4 is 18.7 Å². The van der Waals surface area contributed by atoms with Crippen LogP contribution in [-0.2, 0) is 26.2 Å². The molecule has 0 aliphatic heterocycles. The topological polar surface area (TPSA) is 60.7 Å². The average Bonchev–Trinajstić information content (AvgIpc) is 2.80. The molecule has 0 bridgehead atoms. The number of hydrogen-bond donors (Lipinski definition) is 3. The zero-order valence-corrected chi connectivity index (χ0v) is 15.1. The first-order valence-corrected chi connectivity index (χ1v) is 10.4. The number of hydrogen-bond acceptors (Lipinski definition) is 3. The Morgan fingerprint density at radius 1 is 0.800 bits per heavy atom. The van der Waals surface area contributed by atoms with Gasteiger partial charge in [0.15, 0.2) is 0 Å². The summed E-state index contributed by atoms with van der Waals surface area (Å²) in [5.41, 5.74) is 0. The molecule has 0 atom stereocenters. The molecule has 3 N–H and O–H groups in total. The Morgan fingerprint density at radius 3 is 1.20 bits per heavy atom. The van der Waals surface area contributed by atoms with E-state index in [0.717, 1.165) is 21.3 Å². The van der Waals surface area contributed by atoms with Gasteiger partial charge in [0.1, 0.15) is 0 Å². The minimum atomic E-state index is -0.888. The molecule has 1 rings (SSSR count).